The molecule has 1 heterocycles. The summed E-state index contributed by atoms with van der Waals surface area (Å²) in [6, 6.07) is 8.92. The third kappa shape index (κ3) is 2.66. The van der Waals surface area contributed by atoms with Crippen LogP contribution in [0.3, 0.4) is 0 Å². The van der Waals surface area contributed by atoms with Gasteiger partial charge in [-0.1, -0.05) is 0 Å². The molecule has 0 saturated carbocycles. The van der Waals surface area contributed by atoms with E-state index in [1.165, 1.54) is 0 Å². The molecule has 92 valence electrons. The maximum atomic E-state index is 12.1. The van der Waals surface area contributed by atoms with Crippen molar-refractivity contribution in [3.8, 4) is 5.75 Å². The molecule has 1 N–H and O–H groups in total. The van der Waals surface area contributed by atoms with Gasteiger partial charge in [-0.05, 0) is 42.8 Å². The average Bonchev–Trinajstić information content (AvgIpc) is 2.39. The van der Waals surface area contributed by atoms with Crippen LogP contribution in [0.25, 0.3) is 0 Å². The number of rotatable bonds is 3. The summed E-state index contributed by atoms with van der Waals surface area (Å²) in [7, 11) is 1.60. The van der Waals surface area contributed by atoms with Gasteiger partial charge in [0.25, 0.3) is 5.91 Å². The lowest BCUT2D eigenvalue weighted by Crippen LogP contribution is -2.13. The molecular weight excluding hydrogens is 228 g/mol. The molecule has 0 aliphatic heterocycles. The van der Waals surface area contributed by atoms with Crippen LogP contribution in [-0.4, -0.2) is 18.0 Å². The molecule has 18 heavy (non-hydrogen) atoms. The number of anilines is 1. The molecule has 0 saturated heterocycles. The Labute approximate surface area is 106 Å². The van der Waals surface area contributed by atoms with E-state index >= 15 is 0 Å². The molecule has 0 aliphatic rings. The standard InChI is InChI=1S/C14H14N2O2/c1-10-8-12(18-2)5-6-13(10)14(17)16-11-4-3-7-15-9-11/h3-9H,1-2H3,(H,16,17). The van der Waals surface area contributed by atoms with E-state index in [0.29, 0.717) is 11.3 Å². The highest BCUT2D eigenvalue weighted by Gasteiger charge is 2.09. The van der Waals surface area contributed by atoms with Crippen LogP contribution >= 0.6 is 0 Å². The molecule has 0 atom stereocenters. The summed E-state index contributed by atoms with van der Waals surface area (Å²) < 4.78 is 5.11. The fourth-order valence-electron chi connectivity index (χ4n) is 1.65. The summed E-state index contributed by atoms with van der Waals surface area (Å²) in [4.78, 5) is 16.0. The van der Waals surface area contributed by atoms with Crippen molar-refractivity contribution >= 4 is 11.6 Å². The van der Waals surface area contributed by atoms with Crippen LogP contribution in [0, 0.1) is 6.92 Å². The molecule has 0 aliphatic carbocycles. The van der Waals surface area contributed by atoms with Crippen molar-refractivity contribution in [2.45, 2.75) is 6.92 Å². The molecule has 2 rings (SSSR count). The Hall–Kier alpha value is -2.36. The molecular formula is C14H14N2O2. The van der Waals surface area contributed by atoms with Crippen molar-refractivity contribution in [1.29, 1.82) is 0 Å². The average molecular weight is 242 g/mol. The first kappa shape index (κ1) is 12.1. The summed E-state index contributed by atoms with van der Waals surface area (Å²) in [5, 5.41) is 2.79. The van der Waals surface area contributed by atoms with Crippen LogP contribution in [0.1, 0.15) is 15.9 Å². The molecule has 0 radical (unpaired) electrons. The fraction of sp³-hybridized carbons (Fsp3) is 0.143. The van der Waals surface area contributed by atoms with Crippen LogP contribution in [0.4, 0.5) is 5.69 Å². The van der Waals surface area contributed by atoms with Crippen LogP contribution in [0.5, 0.6) is 5.75 Å². The van der Waals surface area contributed by atoms with Gasteiger partial charge >= 0.3 is 0 Å². The summed E-state index contributed by atoms with van der Waals surface area (Å²) in [6.45, 7) is 1.88. The van der Waals surface area contributed by atoms with Crippen molar-refractivity contribution in [3.05, 3.63) is 53.9 Å². The van der Waals surface area contributed by atoms with Gasteiger partial charge in [0.15, 0.2) is 0 Å². The minimum absolute atomic E-state index is 0.150. The first-order valence-electron chi connectivity index (χ1n) is 5.56. The van der Waals surface area contributed by atoms with Gasteiger partial charge in [-0.25, -0.2) is 0 Å². The normalized spacial score (nSPS) is 9.89. The zero-order valence-corrected chi connectivity index (χ0v) is 10.3. The fourth-order valence-corrected chi connectivity index (χ4v) is 1.65. The van der Waals surface area contributed by atoms with E-state index in [1.807, 2.05) is 13.0 Å². The van der Waals surface area contributed by atoms with Gasteiger partial charge in [0, 0.05) is 11.8 Å². The Bertz CT molecular complexity index is 553. The van der Waals surface area contributed by atoms with Crippen molar-refractivity contribution in [2.75, 3.05) is 12.4 Å². The van der Waals surface area contributed by atoms with Gasteiger partial charge in [-0.15, -0.1) is 0 Å². The second-order valence-corrected chi connectivity index (χ2v) is 3.88. The highest BCUT2D eigenvalue weighted by atomic mass is 16.5. The van der Waals surface area contributed by atoms with Crippen molar-refractivity contribution < 1.29 is 9.53 Å². The number of hydrogen-bond donors (Lipinski definition) is 1. The smallest absolute Gasteiger partial charge is 0.255 e. The number of ether oxygens (including phenoxy) is 1. The third-order valence-electron chi connectivity index (χ3n) is 2.60. The van der Waals surface area contributed by atoms with E-state index in [2.05, 4.69) is 10.3 Å². The Morgan fingerprint density at radius 3 is 2.78 bits per heavy atom. The number of carbonyl (C=O) groups is 1. The predicted molar refractivity (Wildman–Crippen MR) is 69.9 cm³/mol. The van der Waals surface area contributed by atoms with Gasteiger partial charge in [0.2, 0.25) is 0 Å². The number of pyridine rings is 1. The lowest BCUT2D eigenvalue weighted by molar-refractivity contribution is 0.102. The van der Waals surface area contributed by atoms with Crippen molar-refractivity contribution in [1.82, 2.24) is 4.98 Å². The number of aryl methyl sites for hydroxylation is 1. The second-order valence-electron chi connectivity index (χ2n) is 3.88. The molecule has 1 aromatic heterocycles. The molecule has 0 unspecified atom stereocenters. The highest BCUT2D eigenvalue weighted by molar-refractivity contribution is 6.05. The first-order valence-corrected chi connectivity index (χ1v) is 5.56. The van der Waals surface area contributed by atoms with E-state index in [1.54, 1.807) is 43.8 Å². The van der Waals surface area contributed by atoms with Gasteiger partial charge in [-0.2, -0.15) is 0 Å². The molecule has 0 bridgehead atoms. The number of nitrogens with one attached hydrogen (secondary N) is 1. The van der Waals surface area contributed by atoms with E-state index in [0.717, 1.165) is 11.3 Å². The summed E-state index contributed by atoms with van der Waals surface area (Å²) >= 11 is 0. The Morgan fingerprint density at radius 1 is 1.33 bits per heavy atom. The van der Waals surface area contributed by atoms with Crippen molar-refractivity contribution in [3.63, 3.8) is 0 Å². The summed E-state index contributed by atoms with van der Waals surface area (Å²) in [5.41, 5.74) is 2.17. The maximum Gasteiger partial charge on any atom is 0.255 e. The van der Waals surface area contributed by atoms with Crippen molar-refractivity contribution in [2.24, 2.45) is 0 Å². The molecule has 4 heteroatoms. The number of carbonyl (C=O) groups excluding carboxylic acids is 1. The Balaban J connectivity index is 2.19. The molecule has 4 nitrogen and oxygen atoms in total. The quantitative estimate of drug-likeness (QED) is 0.900. The van der Waals surface area contributed by atoms with Gasteiger partial charge in [-0.3, -0.25) is 9.78 Å². The molecule has 2 aromatic rings. The largest absolute Gasteiger partial charge is 0.497 e. The zero-order valence-electron chi connectivity index (χ0n) is 10.3. The van der Waals surface area contributed by atoms with Crippen LogP contribution in [-0.2, 0) is 0 Å². The number of hydrogen-bond acceptors (Lipinski definition) is 3. The molecule has 0 spiro atoms. The summed E-state index contributed by atoms with van der Waals surface area (Å²) in [5.74, 6) is 0.591. The number of benzene rings is 1. The first-order chi connectivity index (χ1) is 8.70. The lowest BCUT2D eigenvalue weighted by atomic mass is 10.1. The van der Waals surface area contributed by atoms with Crippen LogP contribution in [0.15, 0.2) is 42.7 Å². The maximum absolute atomic E-state index is 12.1. The lowest BCUT2D eigenvalue weighted by Gasteiger charge is -2.08. The monoisotopic (exact) mass is 242 g/mol. The topological polar surface area (TPSA) is 51.2 Å². The van der Waals surface area contributed by atoms with Gasteiger partial charge in [0.1, 0.15) is 5.75 Å². The molecule has 1 aromatic carbocycles. The van der Waals surface area contributed by atoms with Crippen LogP contribution < -0.4 is 10.1 Å². The van der Waals surface area contributed by atoms with E-state index in [4.69, 9.17) is 4.74 Å². The van der Waals surface area contributed by atoms with Crippen LogP contribution in [0.2, 0.25) is 0 Å². The minimum atomic E-state index is -0.150. The SMILES string of the molecule is COc1ccc(C(=O)Nc2cccnc2)c(C)c1. The van der Waals surface area contributed by atoms with E-state index in [9.17, 15) is 4.79 Å². The van der Waals surface area contributed by atoms with E-state index in [-0.39, 0.29) is 5.91 Å². The number of nitrogens with zero attached hydrogens (tertiary/aromatic N) is 1. The van der Waals surface area contributed by atoms with Gasteiger partial charge < -0.3 is 10.1 Å². The molecule has 1 amide bonds. The Kier molecular flexibility index (Phi) is 3.57. The summed E-state index contributed by atoms with van der Waals surface area (Å²) in [6.07, 6.45) is 3.27. The second kappa shape index (κ2) is 5.31. The van der Waals surface area contributed by atoms with E-state index < -0.39 is 0 Å². The molecule has 0 fully saturated rings. The van der Waals surface area contributed by atoms with Gasteiger partial charge in [0.05, 0.1) is 19.0 Å². The third-order valence-corrected chi connectivity index (χ3v) is 2.60. The minimum Gasteiger partial charge on any atom is -0.497 e. The number of methoxy groups -OCH3 is 1. The predicted octanol–water partition coefficient (Wildman–Crippen LogP) is 2.65. The number of amides is 1. The zero-order chi connectivity index (χ0) is 13.0. The Morgan fingerprint density at radius 2 is 2.17 bits per heavy atom. The highest BCUT2D eigenvalue weighted by Crippen LogP contribution is 2.18. The number of aromatic nitrogens is 1.